The number of hydrogen-bond acceptors (Lipinski definition) is 0. The molecule has 0 aliphatic rings. The van der Waals surface area contributed by atoms with Gasteiger partial charge in [-0.2, -0.15) is 0 Å². The fourth-order valence-corrected chi connectivity index (χ4v) is 9.26. The smallest absolute Gasteiger partial charge is 0.00261 e. The molecule has 58 heavy (non-hydrogen) atoms. The van der Waals surface area contributed by atoms with Crippen LogP contribution in [0.15, 0.2) is 231 Å². The zero-order valence-corrected chi connectivity index (χ0v) is 31.9. The van der Waals surface area contributed by atoms with Crippen molar-refractivity contribution >= 4 is 43.1 Å². The first-order valence-electron chi connectivity index (χ1n) is 20.1. The van der Waals surface area contributed by atoms with E-state index >= 15 is 0 Å². The molecule has 0 N–H and O–H groups in total. The van der Waals surface area contributed by atoms with Gasteiger partial charge in [0.15, 0.2) is 0 Å². The van der Waals surface area contributed by atoms with E-state index in [2.05, 4.69) is 231 Å². The van der Waals surface area contributed by atoms with Gasteiger partial charge >= 0.3 is 0 Å². The van der Waals surface area contributed by atoms with Crippen molar-refractivity contribution in [3.63, 3.8) is 0 Å². The van der Waals surface area contributed by atoms with Crippen LogP contribution in [0.2, 0.25) is 0 Å². The fourth-order valence-electron chi connectivity index (χ4n) is 9.26. The average Bonchev–Trinajstić information content (AvgIpc) is 3.30. The Morgan fingerprint density at radius 3 is 1.29 bits per heavy atom. The number of hydrogen-bond donors (Lipinski definition) is 0. The van der Waals surface area contributed by atoms with E-state index < -0.39 is 0 Å². The Labute approximate surface area is 339 Å². The Bertz CT molecular complexity index is 3260. The first-order chi connectivity index (χ1) is 28.8. The van der Waals surface area contributed by atoms with E-state index in [1.807, 2.05) is 0 Å². The summed E-state index contributed by atoms with van der Waals surface area (Å²) in [6.45, 7) is 0. The summed E-state index contributed by atoms with van der Waals surface area (Å²) in [7, 11) is 0. The minimum atomic E-state index is 1.20. The predicted molar refractivity (Wildman–Crippen MR) is 249 cm³/mol. The molecule has 0 radical (unpaired) electrons. The van der Waals surface area contributed by atoms with E-state index in [1.165, 1.54) is 110 Å². The van der Waals surface area contributed by atoms with Gasteiger partial charge in [-0.3, -0.25) is 0 Å². The van der Waals surface area contributed by atoms with Crippen LogP contribution in [-0.2, 0) is 0 Å². The number of rotatable bonds is 6. The van der Waals surface area contributed by atoms with Gasteiger partial charge in [0.05, 0.1) is 0 Å². The molecule has 11 rings (SSSR count). The Balaban J connectivity index is 1.20. The highest BCUT2D eigenvalue weighted by Crippen LogP contribution is 2.47. The molecule has 0 nitrogen and oxygen atoms in total. The molecule has 0 heterocycles. The molecule has 270 valence electrons. The Morgan fingerprint density at radius 2 is 0.621 bits per heavy atom. The van der Waals surface area contributed by atoms with Crippen molar-refractivity contribution < 1.29 is 0 Å². The van der Waals surface area contributed by atoms with Gasteiger partial charge < -0.3 is 0 Å². The zero-order valence-electron chi connectivity index (χ0n) is 31.9. The molecule has 11 aromatic carbocycles. The van der Waals surface area contributed by atoms with Crippen LogP contribution in [-0.4, -0.2) is 0 Å². The van der Waals surface area contributed by atoms with Crippen molar-refractivity contribution in [2.75, 3.05) is 0 Å². The highest BCUT2D eigenvalue weighted by molar-refractivity contribution is 6.22. The summed E-state index contributed by atoms with van der Waals surface area (Å²) < 4.78 is 0. The van der Waals surface area contributed by atoms with Gasteiger partial charge in [0, 0.05) is 0 Å². The molecule has 0 aromatic heterocycles. The molecule has 0 saturated carbocycles. The minimum Gasteiger partial charge on any atom is -0.0622 e. The molecule has 0 fully saturated rings. The standard InChI is InChI=1S/C58H38/c1-3-17-39(18-4-1)42-23-15-24-43(37-42)46-35-36-51(49-27-10-9-26-48(49)47-32-16-22-40-19-7-8-25-45(40)47)56-38-44(33-34-50(46)56)58-54-30-13-11-28-52(54)57(41-20-5-2-6-21-41)53-29-12-14-31-55(53)58/h1-38H. The molecule has 0 unspecified atom stereocenters. The predicted octanol–water partition coefficient (Wildman–Crippen LogP) is 16.3. The largest absolute Gasteiger partial charge is 0.0622 e. The van der Waals surface area contributed by atoms with Gasteiger partial charge in [-0.05, 0) is 122 Å². The van der Waals surface area contributed by atoms with E-state index in [1.54, 1.807) is 0 Å². The van der Waals surface area contributed by atoms with E-state index in [0.717, 1.165) is 0 Å². The first-order valence-corrected chi connectivity index (χ1v) is 20.1. The van der Waals surface area contributed by atoms with Gasteiger partial charge in [-0.1, -0.05) is 218 Å². The lowest BCUT2D eigenvalue weighted by atomic mass is 9.83. The number of benzene rings is 11. The molecule has 0 atom stereocenters. The lowest BCUT2D eigenvalue weighted by Gasteiger charge is -2.20. The maximum absolute atomic E-state index is 2.46. The second-order valence-corrected chi connectivity index (χ2v) is 15.1. The maximum atomic E-state index is 2.46. The van der Waals surface area contributed by atoms with Gasteiger partial charge in [-0.15, -0.1) is 0 Å². The first kappa shape index (κ1) is 33.8. The van der Waals surface area contributed by atoms with Crippen LogP contribution in [0.1, 0.15) is 0 Å². The summed E-state index contributed by atoms with van der Waals surface area (Å²) in [5.74, 6) is 0. The van der Waals surface area contributed by atoms with E-state index in [4.69, 9.17) is 0 Å². The molecule has 0 aliphatic carbocycles. The Morgan fingerprint density at radius 1 is 0.172 bits per heavy atom. The van der Waals surface area contributed by atoms with Crippen LogP contribution in [0.4, 0.5) is 0 Å². The van der Waals surface area contributed by atoms with Crippen LogP contribution in [0.25, 0.3) is 110 Å². The summed E-state index contributed by atoms with van der Waals surface area (Å²) in [5.41, 5.74) is 14.7. The van der Waals surface area contributed by atoms with Crippen molar-refractivity contribution in [2.24, 2.45) is 0 Å². The topological polar surface area (TPSA) is 0 Å². The molecule has 0 bridgehead atoms. The third kappa shape index (κ3) is 5.69. The quantitative estimate of drug-likeness (QED) is 0.149. The fraction of sp³-hybridized carbons (Fsp3) is 0. The van der Waals surface area contributed by atoms with E-state index in [-0.39, 0.29) is 0 Å². The summed E-state index contributed by atoms with van der Waals surface area (Å²) >= 11 is 0. The zero-order chi connectivity index (χ0) is 38.4. The molecule has 0 amide bonds. The Hall–Kier alpha value is -7.54. The van der Waals surface area contributed by atoms with Gasteiger partial charge in [-0.25, -0.2) is 0 Å². The summed E-state index contributed by atoms with van der Waals surface area (Å²) in [6.07, 6.45) is 0. The molecular weight excluding hydrogens is 697 g/mol. The van der Waals surface area contributed by atoms with Gasteiger partial charge in [0.1, 0.15) is 0 Å². The minimum absolute atomic E-state index is 1.20. The van der Waals surface area contributed by atoms with Crippen LogP contribution in [0.5, 0.6) is 0 Å². The van der Waals surface area contributed by atoms with E-state index in [9.17, 15) is 0 Å². The lowest BCUT2D eigenvalue weighted by molar-refractivity contribution is 1.59. The summed E-state index contributed by atoms with van der Waals surface area (Å²) in [4.78, 5) is 0. The van der Waals surface area contributed by atoms with Crippen LogP contribution >= 0.6 is 0 Å². The van der Waals surface area contributed by atoms with Crippen molar-refractivity contribution in [3.8, 4) is 66.8 Å². The second-order valence-electron chi connectivity index (χ2n) is 15.1. The third-order valence-corrected chi connectivity index (χ3v) is 11.9. The molecule has 0 saturated heterocycles. The second kappa shape index (κ2) is 14.2. The SMILES string of the molecule is c1ccc(-c2cccc(-c3ccc(-c4ccccc4-c4cccc5ccccc45)c4cc(-c5c6ccccc6c(-c6ccccc6)c6ccccc56)ccc34)c2)cc1. The molecule has 11 aromatic rings. The third-order valence-electron chi connectivity index (χ3n) is 11.9. The maximum Gasteiger partial charge on any atom is -0.00261 e. The molecule has 0 spiro atoms. The van der Waals surface area contributed by atoms with E-state index in [0.29, 0.717) is 0 Å². The molecular formula is C58H38. The average molecular weight is 735 g/mol. The van der Waals surface area contributed by atoms with Crippen molar-refractivity contribution in [2.45, 2.75) is 0 Å². The van der Waals surface area contributed by atoms with Gasteiger partial charge in [0.25, 0.3) is 0 Å². The summed E-state index contributed by atoms with van der Waals surface area (Å²) in [6, 6.07) is 84.6. The van der Waals surface area contributed by atoms with Gasteiger partial charge in [0.2, 0.25) is 0 Å². The van der Waals surface area contributed by atoms with Crippen LogP contribution in [0, 0.1) is 0 Å². The monoisotopic (exact) mass is 734 g/mol. The number of fused-ring (bicyclic) bond motifs is 4. The molecule has 0 aliphatic heterocycles. The summed E-state index contributed by atoms with van der Waals surface area (Å²) in [5, 5.41) is 9.99. The van der Waals surface area contributed by atoms with Crippen LogP contribution in [0.3, 0.4) is 0 Å². The highest BCUT2D eigenvalue weighted by Gasteiger charge is 2.20. The lowest BCUT2D eigenvalue weighted by Crippen LogP contribution is -1.93. The highest BCUT2D eigenvalue weighted by atomic mass is 14.2. The van der Waals surface area contributed by atoms with Crippen molar-refractivity contribution in [1.29, 1.82) is 0 Å². The van der Waals surface area contributed by atoms with Crippen molar-refractivity contribution in [1.82, 2.24) is 0 Å². The molecule has 0 heteroatoms. The van der Waals surface area contributed by atoms with Crippen molar-refractivity contribution in [3.05, 3.63) is 231 Å². The Kier molecular flexibility index (Phi) is 8.26. The normalized spacial score (nSPS) is 11.4. The van der Waals surface area contributed by atoms with Crippen LogP contribution < -0.4 is 0 Å².